The van der Waals surface area contributed by atoms with Gasteiger partial charge in [-0.2, -0.15) is 4.98 Å². The molecule has 0 radical (unpaired) electrons. The number of aryl methyl sites for hydroxylation is 1. The van der Waals surface area contributed by atoms with Gasteiger partial charge in [-0.1, -0.05) is 0 Å². The summed E-state index contributed by atoms with van der Waals surface area (Å²) in [5, 5.41) is 13.8. The van der Waals surface area contributed by atoms with Crippen molar-refractivity contribution in [2.75, 3.05) is 24.3 Å². The van der Waals surface area contributed by atoms with Crippen LogP contribution in [0.3, 0.4) is 0 Å². The van der Waals surface area contributed by atoms with Gasteiger partial charge in [0.1, 0.15) is 12.0 Å². The van der Waals surface area contributed by atoms with Crippen LogP contribution < -0.4 is 10.2 Å². The van der Waals surface area contributed by atoms with Crippen molar-refractivity contribution in [2.45, 2.75) is 6.54 Å². The van der Waals surface area contributed by atoms with Gasteiger partial charge in [-0.15, -0.1) is 0 Å². The van der Waals surface area contributed by atoms with Gasteiger partial charge in [0.25, 0.3) is 0 Å². The van der Waals surface area contributed by atoms with E-state index in [0.29, 0.717) is 12.5 Å². The lowest BCUT2D eigenvalue weighted by Gasteiger charge is -2.17. The third kappa shape index (κ3) is 2.66. The first kappa shape index (κ1) is 13.7. The second-order valence-electron chi connectivity index (χ2n) is 4.22. The molecule has 2 aromatic rings. The van der Waals surface area contributed by atoms with Gasteiger partial charge in [0, 0.05) is 33.5 Å². The van der Waals surface area contributed by atoms with E-state index in [4.69, 9.17) is 0 Å². The molecule has 0 atom stereocenters. The molecule has 0 saturated heterocycles. The zero-order valence-corrected chi connectivity index (χ0v) is 11.4. The largest absolute Gasteiger partial charge is 0.357 e. The van der Waals surface area contributed by atoms with Crippen LogP contribution in [0.1, 0.15) is 5.82 Å². The lowest BCUT2D eigenvalue weighted by atomic mass is 10.4. The van der Waals surface area contributed by atoms with E-state index in [0.717, 1.165) is 5.82 Å². The Morgan fingerprint density at radius 3 is 2.80 bits per heavy atom. The van der Waals surface area contributed by atoms with Gasteiger partial charge in [0.2, 0.25) is 11.8 Å². The molecule has 9 nitrogen and oxygen atoms in total. The Labute approximate surface area is 115 Å². The van der Waals surface area contributed by atoms with Crippen molar-refractivity contribution in [2.24, 2.45) is 7.05 Å². The number of nitrogens with one attached hydrogen (secondary N) is 1. The molecule has 1 N–H and O–H groups in total. The predicted octanol–water partition coefficient (Wildman–Crippen LogP) is 0.796. The number of hydrogen-bond donors (Lipinski definition) is 1. The highest BCUT2D eigenvalue weighted by molar-refractivity contribution is 5.58. The summed E-state index contributed by atoms with van der Waals surface area (Å²) in [7, 11) is 5.25. The van der Waals surface area contributed by atoms with Crippen molar-refractivity contribution in [3.63, 3.8) is 0 Å². The van der Waals surface area contributed by atoms with E-state index in [1.165, 1.54) is 6.20 Å². The minimum atomic E-state index is -0.496. The molecule has 0 bridgehead atoms. The van der Waals surface area contributed by atoms with Gasteiger partial charge in [-0.05, 0) is 0 Å². The van der Waals surface area contributed by atoms with Crippen LogP contribution in [-0.2, 0) is 13.6 Å². The van der Waals surface area contributed by atoms with E-state index >= 15 is 0 Å². The maximum absolute atomic E-state index is 11.1. The fraction of sp³-hybridized carbons (Fsp3) is 0.364. The van der Waals surface area contributed by atoms with Crippen molar-refractivity contribution < 1.29 is 4.92 Å². The summed E-state index contributed by atoms with van der Waals surface area (Å²) in [6.07, 6.45) is 4.69. The van der Waals surface area contributed by atoms with E-state index in [1.54, 1.807) is 25.2 Å². The summed E-state index contributed by atoms with van der Waals surface area (Å²) in [4.78, 5) is 24.4. The molecule has 2 heterocycles. The molecule has 0 aromatic carbocycles. The maximum atomic E-state index is 11.1. The topological polar surface area (TPSA) is 102 Å². The Hall–Kier alpha value is -2.71. The SMILES string of the molecule is CNc1ncc([N+](=O)[O-])c(N(C)Cc2nccn2C)n1. The van der Waals surface area contributed by atoms with Crippen molar-refractivity contribution in [3.8, 4) is 0 Å². The third-order valence-corrected chi connectivity index (χ3v) is 2.83. The van der Waals surface area contributed by atoms with E-state index in [2.05, 4.69) is 20.3 Å². The molecule has 0 saturated carbocycles. The van der Waals surface area contributed by atoms with Crippen LogP contribution in [-0.4, -0.2) is 38.5 Å². The number of imidazole rings is 1. The van der Waals surface area contributed by atoms with Crippen molar-refractivity contribution >= 4 is 17.5 Å². The molecule has 0 aliphatic heterocycles. The Balaban J connectivity index is 2.34. The smallest absolute Gasteiger partial charge is 0.329 e. The number of aromatic nitrogens is 4. The minimum absolute atomic E-state index is 0.138. The lowest BCUT2D eigenvalue weighted by Crippen LogP contribution is -2.21. The second-order valence-corrected chi connectivity index (χ2v) is 4.22. The Morgan fingerprint density at radius 1 is 1.50 bits per heavy atom. The van der Waals surface area contributed by atoms with E-state index in [9.17, 15) is 10.1 Å². The normalized spacial score (nSPS) is 10.3. The first-order valence-electron chi connectivity index (χ1n) is 5.89. The maximum Gasteiger partial charge on any atom is 0.329 e. The molecule has 0 aliphatic carbocycles. The van der Waals surface area contributed by atoms with Gasteiger partial charge in [0.15, 0.2) is 0 Å². The number of anilines is 2. The Kier molecular flexibility index (Phi) is 3.78. The van der Waals surface area contributed by atoms with Gasteiger partial charge in [-0.3, -0.25) is 10.1 Å². The van der Waals surface area contributed by atoms with Crippen LogP contribution in [0.5, 0.6) is 0 Å². The molecule has 0 fully saturated rings. The molecule has 106 valence electrons. The van der Waals surface area contributed by atoms with Crippen LogP contribution in [0.2, 0.25) is 0 Å². The van der Waals surface area contributed by atoms with Crippen LogP contribution >= 0.6 is 0 Å². The Bertz CT molecular complexity index is 625. The second kappa shape index (κ2) is 5.51. The highest BCUT2D eigenvalue weighted by Gasteiger charge is 2.21. The van der Waals surface area contributed by atoms with Crippen molar-refractivity contribution in [3.05, 3.63) is 34.5 Å². The van der Waals surface area contributed by atoms with Crippen LogP contribution in [0.25, 0.3) is 0 Å². The number of hydrogen-bond acceptors (Lipinski definition) is 7. The van der Waals surface area contributed by atoms with Crippen LogP contribution in [0.15, 0.2) is 18.6 Å². The van der Waals surface area contributed by atoms with Gasteiger partial charge in [-0.25, -0.2) is 9.97 Å². The van der Waals surface area contributed by atoms with Crippen LogP contribution in [0, 0.1) is 10.1 Å². The third-order valence-electron chi connectivity index (χ3n) is 2.83. The van der Waals surface area contributed by atoms with Gasteiger partial charge < -0.3 is 14.8 Å². The zero-order valence-electron chi connectivity index (χ0n) is 11.4. The molecule has 20 heavy (non-hydrogen) atoms. The predicted molar refractivity (Wildman–Crippen MR) is 73.5 cm³/mol. The molecular formula is C11H15N7O2. The molecule has 0 amide bonds. The lowest BCUT2D eigenvalue weighted by molar-refractivity contribution is -0.384. The molecule has 2 aromatic heterocycles. The molecular weight excluding hydrogens is 262 g/mol. The van der Waals surface area contributed by atoms with E-state index in [-0.39, 0.29) is 11.5 Å². The summed E-state index contributed by atoms with van der Waals surface area (Å²) in [5.74, 6) is 1.36. The van der Waals surface area contributed by atoms with E-state index in [1.807, 2.05) is 17.8 Å². The summed E-state index contributed by atoms with van der Waals surface area (Å²) in [6, 6.07) is 0. The highest BCUT2D eigenvalue weighted by atomic mass is 16.6. The highest BCUT2D eigenvalue weighted by Crippen LogP contribution is 2.25. The molecule has 9 heteroatoms. The standard InChI is InChI=1S/C11H15N7O2/c1-12-11-14-6-8(18(19)20)10(15-11)17(3)7-9-13-4-5-16(9)2/h4-6H,7H2,1-3H3,(H,12,14,15). The first-order valence-corrected chi connectivity index (χ1v) is 5.89. The monoisotopic (exact) mass is 277 g/mol. The van der Waals surface area contributed by atoms with Crippen LogP contribution in [0.4, 0.5) is 17.5 Å². The zero-order chi connectivity index (χ0) is 14.7. The summed E-state index contributed by atoms with van der Waals surface area (Å²) >= 11 is 0. The average Bonchev–Trinajstić information content (AvgIpc) is 2.83. The number of rotatable bonds is 5. The molecule has 2 rings (SSSR count). The molecule has 0 unspecified atom stereocenters. The van der Waals surface area contributed by atoms with Gasteiger partial charge in [0.05, 0.1) is 11.5 Å². The number of nitrogens with zero attached hydrogens (tertiary/aromatic N) is 6. The van der Waals surface area contributed by atoms with E-state index < -0.39 is 4.92 Å². The quantitative estimate of drug-likeness (QED) is 0.636. The Morgan fingerprint density at radius 2 is 2.25 bits per heavy atom. The first-order chi connectivity index (χ1) is 9.52. The van der Waals surface area contributed by atoms with Gasteiger partial charge >= 0.3 is 5.69 Å². The fourth-order valence-corrected chi connectivity index (χ4v) is 1.73. The minimum Gasteiger partial charge on any atom is -0.357 e. The molecule has 0 spiro atoms. The summed E-state index contributed by atoms with van der Waals surface area (Å²) in [5.41, 5.74) is -0.138. The van der Waals surface area contributed by atoms with Crippen molar-refractivity contribution in [1.82, 2.24) is 19.5 Å². The van der Waals surface area contributed by atoms with Crippen molar-refractivity contribution in [1.29, 1.82) is 0 Å². The average molecular weight is 277 g/mol. The summed E-state index contributed by atoms with van der Waals surface area (Å²) < 4.78 is 1.85. The number of nitro groups is 1. The molecule has 0 aliphatic rings. The fourth-order valence-electron chi connectivity index (χ4n) is 1.73. The summed E-state index contributed by atoms with van der Waals surface area (Å²) in [6.45, 7) is 0.407.